The van der Waals surface area contributed by atoms with Crippen LogP contribution in [-0.2, 0) is 19.5 Å². The maximum Gasteiger partial charge on any atom is 0.573 e. The van der Waals surface area contributed by atoms with Crippen LogP contribution in [0.3, 0.4) is 0 Å². The minimum absolute atomic E-state index is 0.00961. The molecule has 0 unspecified atom stereocenters. The smallest absolute Gasteiger partial charge is 0.506 e. The van der Waals surface area contributed by atoms with Gasteiger partial charge >= 0.3 is 6.36 Å². The molecule has 1 N–H and O–H groups in total. The second-order valence-corrected chi connectivity index (χ2v) is 7.46. The monoisotopic (exact) mass is 445 g/mol. The summed E-state index contributed by atoms with van der Waals surface area (Å²) in [5.74, 6) is -0.295. The maximum absolute atomic E-state index is 12.3. The summed E-state index contributed by atoms with van der Waals surface area (Å²) in [7, 11) is 0. The number of benzene rings is 2. The van der Waals surface area contributed by atoms with Crippen molar-refractivity contribution < 1.29 is 27.9 Å². The van der Waals surface area contributed by atoms with Crippen molar-refractivity contribution in [2.45, 2.75) is 32.8 Å². The van der Waals surface area contributed by atoms with Gasteiger partial charge in [-0.2, -0.15) is 0 Å². The Morgan fingerprint density at radius 2 is 1.91 bits per heavy atom. The number of hydrogen-bond acceptors (Lipinski definition) is 6. The second kappa shape index (κ2) is 8.03. The third kappa shape index (κ3) is 4.43. The molecule has 0 amide bonds. The minimum atomic E-state index is -4.76. The number of ether oxygens (including phenoxy) is 1. The van der Waals surface area contributed by atoms with E-state index in [2.05, 4.69) is 9.72 Å². The lowest BCUT2D eigenvalue weighted by molar-refractivity contribution is -0.384. The maximum atomic E-state index is 12.3. The number of alkyl halides is 3. The van der Waals surface area contributed by atoms with Crippen molar-refractivity contribution in [2.75, 3.05) is 4.90 Å². The van der Waals surface area contributed by atoms with Gasteiger partial charge in [0.1, 0.15) is 11.5 Å². The van der Waals surface area contributed by atoms with Crippen molar-refractivity contribution in [3.8, 4) is 11.5 Å². The molecular weight excluding hydrogens is 427 g/mol. The van der Waals surface area contributed by atoms with Crippen molar-refractivity contribution >= 4 is 11.4 Å². The zero-order valence-electron chi connectivity index (χ0n) is 16.9. The van der Waals surface area contributed by atoms with Gasteiger partial charge in [0.2, 0.25) is 0 Å². The van der Waals surface area contributed by atoms with Gasteiger partial charge in [0.25, 0.3) is 5.69 Å². The third-order valence-corrected chi connectivity index (χ3v) is 5.32. The number of non-ortho nitro benzene ring substituents is 1. The molecule has 0 bridgehead atoms. The number of halogens is 3. The Balaban J connectivity index is 1.56. The van der Waals surface area contributed by atoms with E-state index in [9.17, 15) is 28.4 Å². The summed E-state index contributed by atoms with van der Waals surface area (Å²) in [6.45, 7) is 2.65. The highest BCUT2D eigenvalue weighted by molar-refractivity contribution is 5.58. The quantitative estimate of drug-likeness (QED) is 0.439. The predicted octanol–water partition coefficient (Wildman–Crippen LogP) is 5.01. The Labute approximate surface area is 180 Å². The largest absolute Gasteiger partial charge is 0.573 e. The van der Waals surface area contributed by atoms with Gasteiger partial charge in [0, 0.05) is 36.3 Å². The zero-order valence-corrected chi connectivity index (χ0v) is 16.9. The number of nitro groups is 1. The van der Waals surface area contributed by atoms with Crippen LogP contribution in [0.5, 0.6) is 11.5 Å². The van der Waals surface area contributed by atoms with Crippen LogP contribution in [0.1, 0.15) is 28.1 Å². The van der Waals surface area contributed by atoms with Gasteiger partial charge in [0.05, 0.1) is 22.9 Å². The number of aromatic hydroxyl groups is 1. The first-order chi connectivity index (χ1) is 15.1. The molecule has 10 heteroatoms. The Kier molecular flexibility index (Phi) is 5.37. The van der Waals surface area contributed by atoms with Crippen molar-refractivity contribution in [3.05, 3.63) is 86.7 Å². The summed E-state index contributed by atoms with van der Waals surface area (Å²) in [5.41, 5.74) is 4.00. The van der Waals surface area contributed by atoms with Crippen LogP contribution in [0.15, 0.2) is 48.5 Å². The van der Waals surface area contributed by atoms with Crippen molar-refractivity contribution in [1.29, 1.82) is 0 Å². The lowest BCUT2D eigenvalue weighted by Crippen LogP contribution is -2.17. The topological polar surface area (TPSA) is 88.7 Å². The van der Waals surface area contributed by atoms with E-state index in [0.29, 0.717) is 35.6 Å². The molecule has 0 radical (unpaired) electrons. The number of aromatic nitrogens is 1. The highest BCUT2D eigenvalue weighted by Gasteiger charge is 2.31. The summed E-state index contributed by atoms with van der Waals surface area (Å²) < 4.78 is 40.9. The van der Waals surface area contributed by atoms with Gasteiger partial charge < -0.3 is 14.7 Å². The SMILES string of the molecule is Cc1c(O)c(Cc2ccc(OC(F)(F)F)cc2)nc2c1CN(c1cccc([N+](=O)[O-])c1)C2. The molecule has 0 spiro atoms. The third-order valence-electron chi connectivity index (χ3n) is 5.32. The summed E-state index contributed by atoms with van der Waals surface area (Å²) in [4.78, 5) is 17.1. The van der Waals surface area contributed by atoms with Crippen LogP contribution in [-0.4, -0.2) is 21.4 Å². The molecule has 0 fully saturated rings. The van der Waals surface area contributed by atoms with Crippen molar-refractivity contribution in [1.82, 2.24) is 4.98 Å². The van der Waals surface area contributed by atoms with Crippen molar-refractivity contribution in [3.63, 3.8) is 0 Å². The van der Waals surface area contributed by atoms with Gasteiger partial charge in [-0.25, -0.2) is 0 Å². The van der Waals surface area contributed by atoms with E-state index in [1.165, 1.54) is 36.4 Å². The van der Waals surface area contributed by atoms with Crippen molar-refractivity contribution in [2.24, 2.45) is 0 Å². The Bertz CT molecular complexity index is 1180. The highest BCUT2D eigenvalue weighted by Crippen LogP contribution is 2.36. The van der Waals surface area contributed by atoms with E-state index in [-0.39, 0.29) is 23.6 Å². The molecule has 1 aromatic heterocycles. The fraction of sp³-hybridized carbons (Fsp3) is 0.227. The minimum Gasteiger partial charge on any atom is -0.506 e. The fourth-order valence-corrected chi connectivity index (χ4v) is 3.74. The lowest BCUT2D eigenvalue weighted by Gasteiger charge is -2.17. The van der Waals surface area contributed by atoms with Gasteiger partial charge in [-0.05, 0) is 36.2 Å². The molecule has 2 aromatic carbocycles. The van der Waals surface area contributed by atoms with E-state index in [4.69, 9.17) is 0 Å². The molecule has 4 rings (SSSR count). The summed E-state index contributed by atoms with van der Waals surface area (Å²) >= 11 is 0. The lowest BCUT2D eigenvalue weighted by atomic mass is 10.0. The van der Waals surface area contributed by atoms with E-state index in [1.807, 2.05) is 4.90 Å². The molecule has 1 aliphatic heterocycles. The molecule has 2 heterocycles. The number of hydrogen-bond donors (Lipinski definition) is 1. The standard InChI is InChI=1S/C22H18F3N3O4/c1-13-18-11-27(15-3-2-4-16(10-15)28(30)31)12-20(18)26-19(21(13)29)9-14-5-7-17(8-6-14)32-22(23,24)25/h2-8,10,29H,9,11-12H2,1H3. The fourth-order valence-electron chi connectivity index (χ4n) is 3.74. The van der Waals surface area contributed by atoms with Gasteiger partial charge in [-0.3, -0.25) is 15.1 Å². The number of anilines is 1. The summed E-state index contributed by atoms with van der Waals surface area (Å²) in [5, 5.41) is 21.7. The zero-order chi connectivity index (χ0) is 23.0. The molecule has 0 atom stereocenters. The average molecular weight is 445 g/mol. The Hall–Kier alpha value is -3.82. The summed E-state index contributed by atoms with van der Waals surface area (Å²) in [6, 6.07) is 11.7. The van der Waals surface area contributed by atoms with Crippen LogP contribution < -0.4 is 9.64 Å². The normalized spacial score (nSPS) is 13.2. The van der Waals surface area contributed by atoms with Gasteiger partial charge in [-0.15, -0.1) is 13.2 Å². The van der Waals surface area contributed by atoms with Crippen LogP contribution in [0.2, 0.25) is 0 Å². The van der Waals surface area contributed by atoms with Crippen LogP contribution >= 0.6 is 0 Å². The van der Waals surface area contributed by atoms with E-state index in [0.717, 1.165) is 11.3 Å². The molecule has 0 saturated heterocycles. The van der Waals surface area contributed by atoms with Gasteiger partial charge in [0.15, 0.2) is 0 Å². The molecule has 1 aliphatic rings. The Morgan fingerprint density at radius 3 is 2.56 bits per heavy atom. The second-order valence-electron chi connectivity index (χ2n) is 7.46. The van der Waals surface area contributed by atoms with Crippen LogP contribution in [0, 0.1) is 17.0 Å². The molecule has 0 saturated carbocycles. The van der Waals surface area contributed by atoms with E-state index in [1.54, 1.807) is 19.1 Å². The number of rotatable bonds is 5. The number of fused-ring (bicyclic) bond motifs is 1. The number of pyridine rings is 1. The van der Waals surface area contributed by atoms with Crippen LogP contribution in [0.25, 0.3) is 0 Å². The first kappa shape index (κ1) is 21.4. The van der Waals surface area contributed by atoms with Gasteiger partial charge in [-0.1, -0.05) is 18.2 Å². The summed E-state index contributed by atoms with van der Waals surface area (Å²) in [6.07, 6.45) is -4.54. The first-order valence-corrected chi connectivity index (χ1v) is 9.65. The molecule has 7 nitrogen and oxygen atoms in total. The van der Waals surface area contributed by atoms with Crippen LogP contribution in [0.4, 0.5) is 24.5 Å². The number of nitrogens with zero attached hydrogens (tertiary/aromatic N) is 3. The van der Waals surface area contributed by atoms with E-state index >= 15 is 0 Å². The predicted molar refractivity (Wildman–Crippen MR) is 110 cm³/mol. The Morgan fingerprint density at radius 1 is 1.19 bits per heavy atom. The number of nitro benzene ring substituents is 1. The average Bonchev–Trinajstić information content (AvgIpc) is 3.16. The molecule has 166 valence electrons. The highest BCUT2D eigenvalue weighted by atomic mass is 19.4. The molecule has 0 aliphatic carbocycles. The first-order valence-electron chi connectivity index (χ1n) is 9.65. The molecule has 3 aromatic rings. The molecule has 32 heavy (non-hydrogen) atoms. The molecular formula is C22H18F3N3O4. The van der Waals surface area contributed by atoms with E-state index < -0.39 is 11.3 Å².